The zero-order valence-corrected chi connectivity index (χ0v) is 17.7. The van der Waals surface area contributed by atoms with E-state index >= 15 is 0 Å². The van der Waals surface area contributed by atoms with Crippen molar-refractivity contribution in [2.75, 3.05) is 25.0 Å². The van der Waals surface area contributed by atoms with Crippen molar-refractivity contribution in [1.82, 2.24) is 15.2 Å². The van der Waals surface area contributed by atoms with Gasteiger partial charge < -0.3 is 20.5 Å². The monoisotopic (exact) mass is 420 g/mol. The Bertz CT molecular complexity index is 1020. The van der Waals surface area contributed by atoms with Crippen molar-refractivity contribution in [3.05, 3.63) is 52.8 Å². The van der Waals surface area contributed by atoms with E-state index in [1.807, 2.05) is 42.2 Å². The van der Waals surface area contributed by atoms with Gasteiger partial charge in [0.2, 0.25) is 6.41 Å². The number of aromatic nitrogens is 1. The van der Waals surface area contributed by atoms with E-state index in [2.05, 4.69) is 15.6 Å². The van der Waals surface area contributed by atoms with Crippen molar-refractivity contribution in [1.29, 1.82) is 0 Å². The van der Waals surface area contributed by atoms with Gasteiger partial charge >= 0.3 is 0 Å². The normalized spacial score (nSPS) is 17.5. The molecule has 0 spiro atoms. The Morgan fingerprint density at radius 3 is 2.81 bits per heavy atom. The van der Waals surface area contributed by atoms with E-state index < -0.39 is 0 Å². The molecule has 0 atom stereocenters. The van der Waals surface area contributed by atoms with Crippen LogP contribution in [0.15, 0.2) is 30.3 Å². The fourth-order valence-corrected chi connectivity index (χ4v) is 4.31. The number of nitrogens with zero attached hydrogens (tertiary/aromatic N) is 1. The van der Waals surface area contributed by atoms with E-state index in [9.17, 15) is 14.4 Å². The number of fused-ring (bicyclic) bond motifs is 1. The minimum absolute atomic E-state index is 0.139. The Kier molecular flexibility index (Phi) is 6.21. The quantitative estimate of drug-likeness (QED) is 0.365. The molecule has 31 heavy (non-hydrogen) atoms. The molecule has 7 nitrogen and oxygen atoms in total. The van der Waals surface area contributed by atoms with Gasteiger partial charge in [-0.3, -0.25) is 14.4 Å². The molecule has 1 aromatic carbocycles. The van der Waals surface area contributed by atoms with Gasteiger partial charge in [0.15, 0.2) is 0 Å². The lowest BCUT2D eigenvalue weighted by molar-refractivity contribution is -0.119. The molecule has 3 N–H and O–H groups in total. The number of hydrogen-bond acceptors (Lipinski definition) is 3. The van der Waals surface area contributed by atoms with Crippen LogP contribution in [-0.2, 0) is 9.59 Å². The summed E-state index contributed by atoms with van der Waals surface area (Å²) in [5, 5.41) is 5.84. The van der Waals surface area contributed by atoms with Gasteiger partial charge in [-0.1, -0.05) is 18.2 Å². The highest BCUT2D eigenvalue weighted by Gasteiger charge is 2.24. The zero-order valence-electron chi connectivity index (χ0n) is 17.7. The minimum atomic E-state index is -0.139. The van der Waals surface area contributed by atoms with Crippen LogP contribution in [0.1, 0.15) is 53.0 Å². The maximum absolute atomic E-state index is 12.6. The fourth-order valence-electron chi connectivity index (χ4n) is 4.31. The Balaban J connectivity index is 1.32. The van der Waals surface area contributed by atoms with Crippen molar-refractivity contribution in [3.63, 3.8) is 0 Å². The molecule has 0 saturated carbocycles. The lowest BCUT2D eigenvalue weighted by Crippen LogP contribution is -2.33. The van der Waals surface area contributed by atoms with E-state index in [-0.39, 0.29) is 11.8 Å². The molecule has 3 heterocycles. The number of carbonyl (C=O) groups is 3. The number of aromatic amines is 1. The first-order valence-corrected chi connectivity index (χ1v) is 10.8. The molecule has 162 valence electrons. The van der Waals surface area contributed by atoms with Crippen LogP contribution in [0.3, 0.4) is 0 Å². The molecule has 2 aliphatic heterocycles. The highest BCUT2D eigenvalue weighted by Crippen LogP contribution is 2.33. The molecule has 1 aromatic heterocycles. The minimum Gasteiger partial charge on any atom is -0.351 e. The van der Waals surface area contributed by atoms with Crippen molar-refractivity contribution in [2.45, 2.75) is 32.6 Å². The molecule has 0 unspecified atom stereocenters. The smallest absolute Gasteiger partial charge is 0.267 e. The van der Waals surface area contributed by atoms with Gasteiger partial charge in [0, 0.05) is 36.6 Å². The van der Waals surface area contributed by atoms with Gasteiger partial charge in [0.1, 0.15) is 5.69 Å². The Morgan fingerprint density at radius 1 is 1.26 bits per heavy atom. The number of aryl methyl sites for hydroxylation is 1. The molecule has 2 aromatic rings. The predicted molar refractivity (Wildman–Crippen MR) is 120 cm³/mol. The molecule has 2 aliphatic rings. The van der Waals surface area contributed by atoms with Gasteiger partial charge in [-0.15, -0.1) is 0 Å². The maximum Gasteiger partial charge on any atom is 0.267 e. The first-order valence-electron chi connectivity index (χ1n) is 10.8. The zero-order chi connectivity index (χ0) is 21.8. The molecule has 1 saturated heterocycles. The summed E-state index contributed by atoms with van der Waals surface area (Å²) in [6.07, 6.45) is 6.79. The van der Waals surface area contributed by atoms with Gasteiger partial charge in [0.25, 0.3) is 11.8 Å². The van der Waals surface area contributed by atoms with Crippen LogP contribution >= 0.6 is 0 Å². The van der Waals surface area contributed by atoms with Gasteiger partial charge in [-0.2, -0.15) is 0 Å². The summed E-state index contributed by atoms with van der Waals surface area (Å²) in [4.78, 5) is 40.7. The van der Waals surface area contributed by atoms with E-state index in [1.54, 1.807) is 6.08 Å². The highest BCUT2D eigenvalue weighted by atomic mass is 16.2. The maximum atomic E-state index is 12.6. The van der Waals surface area contributed by atoms with Crippen LogP contribution in [0.25, 0.3) is 11.6 Å². The predicted octanol–water partition coefficient (Wildman–Crippen LogP) is 3.19. The molecule has 0 aliphatic carbocycles. The fraction of sp³-hybridized carbons (Fsp3) is 0.375. The second-order valence-electron chi connectivity index (χ2n) is 8.32. The number of likely N-dealkylation sites (tertiary alicyclic amines) is 1. The second-order valence-corrected chi connectivity index (χ2v) is 8.32. The summed E-state index contributed by atoms with van der Waals surface area (Å²) in [5.74, 6) is 0.347. The number of nitrogens with one attached hydrogen (secondary N) is 3. The molecule has 4 rings (SSSR count). The number of hydrogen-bond donors (Lipinski definition) is 3. The van der Waals surface area contributed by atoms with E-state index in [4.69, 9.17) is 0 Å². The summed E-state index contributed by atoms with van der Waals surface area (Å²) in [6, 6.07) is 9.39. The summed E-state index contributed by atoms with van der Waals surface area (Å²) in [6.45, 7) is 4.22. The summed E-state index contributed by atoms with van der Waals surface area (Å²) in [7, 11) is 0. The average molecular weight is 421 g/mol. The lowest BCUT2D eigenvalue weighted by Gasteiger charge is -2.29. The number of para-hydroxylation sites is 1. The number of anilines is 1. The summed E-state index contributed by atoms with van der Waals surface area (Å²) >= 11 is 0. The van der Waals surface area contributed by atoms with Crippen LogP contribution in [-0.4, -0.2) is 47.7 Å². The third-order valence-electron chi connectivity index (χ3n) is 6.17. The van der Waals surface area contributed by atoms with E-state index in [1.165, 1.54) is 0 Å². The van der Waals surface area contributed by atoms with Gasteiger partial charge in [-0.05, 0) is 62.3 Å². The second kappa shape index (κ2) is 9.20. The summed E-state index contributed by atoms with van der Waals surface area (Å²) < 4.78 is 0. The van der Waals surface area contributed by atoms with Crippen LogP contribution in [0.5, 0.6) is 0 Å². The Labute approximate surface area is 181 Å². The topological polar surface area (TPSA) is 94.3 Å². The van der Waals surface area contributed by atoms with Crippen LogP contribution in [0.2, 0.25) is 0 Å². The average Bonchev–Trinajstić information content (AvgIpc) is 3.31. The SMILES string of the molecule is Cc1cc(C(=O)NCCCC2CCN(C=O)CC2)[nH]c1/C=C1\C(=O)Nc2ccccc21. The first kappa shape index (κ1) is 20.9. The van der Waals surface area contributed by atoms with E-state index in [0.29, 0.717) is 23.7 Å². The van der Waals surface area contributed by atoms with Crippen molar-refractivity contribution in [3.8, 4) is 0 Å². The Morgan fingerprint density at radius 2 is 2.03 bits per heavy atom. The van der Waals surface area contributed by atoms with Gasteiger partial charge in [0.05, 0.1) is 5.57 Å². The third-order valence-corrected chi connectivity index (χ3v) is 6.17. The number of amides is 3. The van der Waals surface area contributed by atoms with Crippen LogP contribution < -0.4 is 10.6 Å². The molecular weight excluding hydrogens is 392 g/mol. The molecule has 7 heteroatoms. The van der Waals surface area contributed by atoms with Crippen molar-refractivity contribution in [2.24, 2.45) is 5.92 Å². The molecule has 0 bridgehead atoms. The van der Waals surface area contributed by atoms with Gasteiger partial charge in [-0.25, -0.2) is 0 Å². The van der Waals surface area contributed by atoms with Crippen LogP contribution in [0.4, 0.5) is 5.69 Å². The standard InChI is InChI=1S/C24H28N4O3/c1-16-13-22(24(31)25-10-4-5-17-8-11-28(15-29)12-9-17)26-21(16)14-19-18-6-2-3-7-20(18)27-23(19)30/h2-3,6-7,13-15,17,26H,4-5,8-12H2,1H3,(H,25,31)(H,27,30)/b19-14-. The number of rotatable bonds is 7. The molecule has 1 fully saturated rings. The number of H-pyrrole nitrogens is 1. The molecule has 0 radical (unpaired) electrons. The number of piperidine rings is 1. The first-order chi connectivity index (χ1) is 15.0. The Hall–Kier alpha value is -3.35. The van der Waals surface area contributed by atoms with Crippen molar-refractivity contribution >= 4 is 35.6 Å². The molecule has 3 amide bonds. The highest BCUT2D eigenvalue weighted by molar-refractivity contribution is 6.34. The van der Waals surface area contributed by atoms with Crippen LogP contribution in [0, 0.1) is 12.8 Å². The lowest BCUT2D eigenvalue weighted by atomic mass is 9.92. The molecular formula is C24H28N4O3. The summed E-state index contributed by atoms with van der Waals surface area (Å²) in [5.41, 5.74) is 4.43. The number of benzene rings is 1. The number of carbonyl (C=O) groups excluding carboxylic acids is 3. The largest absolute Gasteiger partial charge is 0.351 e. The van der Waals surface area contributed by atoms with Crippen molar-refractivity contribution < 1.29 is 14.4 Å². The van der Waals surface area contributed by atoms with E-state index in [0.717, 1.165) is 67.7 Å². The third kappa shape index (κ3) is 4.71.